The summed E-state index contributed by atoms with van der Waals surface area (Å²) in [5.41, 5.74) is 3.36. The van der Waals surface area contributed by atoms with E-state index in [0.29, 0.717) is 12.3 Å². The van der Waals surface area contributed by atoms with Gasteiger partial charge in [-0.1, -0.05) is 36.4 Å². The minimum Gasteiger partial charge on any atom is -0.425 e. The Morgan fingerprint density at radius 1 is 1.21 bits per heavy atom. The first-order valence-corrected chi connectivity index (χ1v) is 8.49. The van der Waals surface area contributed by atoms with Gasteiger partial charge in [0.15, 0.2) is 5.76 Å². The predicted molar refractivity (Wildman–Crippen MR) is 99.4 cm³/mol. The van der Waals surface area contributed by atoms with Crippen LogP contribution in [0.2, 0.25) is 0 Å². The maximum Gasteiger partial charge on any atom is 0.297 e. The Balaban J connectivity index is 1.87. The van der Waals surface area contributed by atoms with Crippen molar-refractivity contribution in [3.8, 4) is 0 Å². The fourth-order valence-corrected chi connectivity index (χ4v) is 3.71. The molecule has 2 aromatic carbocycles. The number of carbonyl (C=O) groups is 1. The lowest BCUT2D eigenvalue weighted by Crippen LogP contribution is -2.28. The van der Waals surface area contributed by atoms with E-state index in [2.05, 4.69) is 30.8 Å². The molecule has 1 fully saturated rings. The van der Waals surface area contributed by atoms with Crippen molar-refractivity contribution in [3.63, 3.8) is 0 Å². The van der Waals surface area contributed by atoms with Crippen LogP contribution in [0.4, 0.5) is 0 Å². The Morgan fingerprint density at radius 3 is 2.71 bits per heavy atom. The van der Waals surface area contributed by atoms with E-state index < -0.39 is 0 Å². The van der Waals surface area contributed by atoms with Crippen LogP contribution in [0.15, 0.2) is 54.8 Å². The largest absolute Gasteiger partial charge is 0.425 e. The average Bonchev–Trinajstić information content (AvgIpc) is 2.88. The van der Waals surface area contributed by atoms with Crippen LogP contribution in [0.1, 0.15) is 24.0 Å². The van der Waals surface area contributed by atoms with Crippen LogP contribution in [0.3, 0.4) is 0 Å². The summed E-state index contributed by atoms with van der Waals surface area (Å²) in [5, 5.41) is 2.62. The molecule has 3 nitrogen and oxygen atoms in total. The van der Waals surface area contributed by atoms with E-state index >= 15 is 0 Å². The highest BCUT2D eigenvalue weighted by atomic mass is 32.1. The van der Waals surface area contributed by atoms with Gasteiger partial charge in [0.05, 0.1) is 0 Å². The smallest absolute Gasteiger partial charge is 0.297 e. The van der Waals surface area contributed by atoms with Gasteiger partial charge in [0.1, 0.15) is 0 Å². The maximum absolute atomic E-state index is 12.7. The molecule has 0 aromatic heterocycles. The molecule has 0 atom stereocenters. The van der Waals surface area contributed by atoms with Crippen molar-refractivity contribution in [2.24, 2.45) is 0 Å². The molecule has 0 bridgehead atoms. The lowest BCUT2D eigenvalue weighted by molar-refractivity contribution is -0.122. The topological polar surface area (TPSA) is 29.5 Å². The third-order valence-electron chi connectivity index (χ3n) is 4.60. The maximum atomic E-state index is 12.7. The minimum atomic E-state index is -0.157. The average molecular weight is 335 g/mol. The molecule has 0 N–H and O–H groups in total. The summed E-state index contributed by atoms with van der Waals surface area (Å²) in [4.78, 5) is 14.1. The molecule has 24 heavy (non-hydrogen) atoms. The molecule has 2 aliphatic rings. The Hall–Kier alpha value is -2.46. The summed E-state index contributed by atoms with van der Waals surface area (Å²) >= 11 is 5.21. The first kappa shape index (κ1) is 15.1. The molecule has 1 amide bonds. The molecule has 1 aliphatic carbocycles. The Morgan fingerprint density at radius 2 is 1.96 bits per heavy atom. The molecule has 1 aliphatic heterocycles. The molecule has 0 unspecified atom stereocenters. The van der Waals surface area contributed by atoms with Crippen LogP contribution < -0.4 is 0 Å². The van der Waals surface area contributed by atoms with E-state index in [1.807, 2.05) is 12.1 Å². The molecule has 120 valence electrons. The molecule has 4 heteroatoms. The van der Waals surface area contributed by atoms with Crippen LogP contribution >= 0.6 is 12.2 Å². The van der Waals surface area contributed by atoms with Crippen LogP contribution in [0, 0.1) is 0 Å². The zero-order valence-electron chi connectivity index (χ0n) is 13.2. The second kappa shape index (κ2) is 5.87. The zero-order chi connectivity index (χ0) is 16.7. The number of benzene rings is 2. The number of hydrogen-bond acceptors (Lipinski definition) is 3. The van der Waals surface area contributed by atoms with Crippen molar-refractivity contribution in [2.45, 2.75) is 19.3 Å². The van der Waals surface area contributed by atoms with Crippen molar-refractivity contribution in [1.29, 1.82) is 0 Å². The lowest BCUT2D eigenvalue weighted by Gasteiger charge is -2.20. The predicted octanol–water partition coefficient (Wildman–Crippen LogP) is 4.22. The summed E-state index contributed by atoms with van der Waals surface area (Å²) in [6.07, 6.45) is 4.52. The molecule has 2 aromatic rings. The normalized spacial score (nSPS) is 20.2. The second-order valence-electron chi connectivity index (χ2n) is 6.09. The molecule has 4 rings (SSSR count). The van der Waals surface area contributed by atoms with E-state index in [-0.39, 0.29) is 11.1 Å². The Bertz CT molecular complexity index is 913. The highest BCUT2D eigenvalue weighted by molar-refractivity contribution is 7.80. The van der Waals surface area contributed by atoms with E-state index in [0.717, 1.165) is 30.4 Å². The Kier molecular flexibility index (Phi) is 3.69. The number of thiocarbonyl (C=S) groups is 1. The minimum absolute atomic E-state index is 0.157. The van der Waals surface area contributed by atoms with Crippen LogP contribution in [0.25, 0.3) is 16.3 Å². The fourth-order valence-electron chi connectivity index (χ4n) is 3.47. The molecule has 0 radical (unpaired) electrons. The summed E-state index contributed by atoms with van der Waals surface area (Å²) < 4.78 is 5.69. The monoisotopic (exact) mass is 335 g/mol. The van der Waals surface area contributed by atoms with Gasteiger partial charge in [0.2, 0.25) is 0 Å². The third-order valence-corrected chi connectivity index (χ3v) is 4.91. The van der Waals surface area contributed by atoms with E-state index in [1.54, 1.807) is 6.08 Å². The van der Waals surface area contributed by atoms with Crippen molar-refractivity contribution in [1.82, 2.24) is 4.90 Å². The third kappa shape index (κ3) is 2.34. The number of aryl methyl sites for hydroxylation is 1. The number of ether oxygens (including phenoxy) is 1. The van der Waals surface area contributed by atoms with Crippen LogP contribution in [-0.4, -0.2) is 22.5 Å². The molecule has 1 heterocycles. The van der Waals surface area contributed by atoms with Gasteiger partial charge in [-0.05, 0) is 59.4 Å². The SMILES string of the molecule is C=CCN1C(=O)/C(=C2/CCCc3cc4ccccc4cc32)OC1=S. The van der Waals surface area contributed by atoms with Gasteiger partial charge in [-0.15, -0.1) is 6.58 Å². The van der Waals surface area contributed by atoms with Crippen molar-refractivity contribution >= 4 is 39.6 Å². The lowest BCUT2D eigenvalue weighted by atomic mass is 9.85. The number of amides is 1. The van der Waals surface area contributed by atoms with Crippen molar-refractivity contribution in [2.75, 3.05) is 6.54 Å². The fraction of sp³-hybridized carbons (Fsp3) is 0.200. The van der Waals surface area contributed by atoms with Gasteiger partial charge in [-0.3, -0.25) is 9.69 Å². The van der Waals surface area contributed by atoms with E-state index in [9.17, 15) is 4.79 Å². The van der Waals surface area contributed by atoms with E-state index in [1.165, 1.54) is 21.2 Å². The molecule has 0 spiro atoms. The number of hydrogen-bond donors (Lipinski definition) is 0. The van der Waals surface area contributed by atoms with Crippen molar-refractivity contribution < 1.29 is 9.53 Å². The Labute approximate surface area is 146 Å². The first-order valence-electron chi connectivity index (χ1n) is 8.09. The first-order chi connectivity index (χ1) is 11.7. The van der Waals surface area contributed by atoms with Gasteiger partial charge in [0.25, 0.3) is 11.1 Å². The van der Waals surface area contributed by atoms with Crippen LogP contribution in [0.5, 0.6) is 0 Å². The quantitative estimate of drug-likeness (QED) is 0.468. The number of carbonyl (C=O) groups excluding carboxylic acids is 1. The summed E-state index contributed by atoms with van der Waals surface area (Å²) in [5.74, 6) is 0.231. The molecular formula is C20H17NO2S. The zero-order valence-corrected chi connectivity index (χ0v) is 14.1. The van der Waals surface area contributed by atoms with Gasteiger partial charge in [0, 0.05) is 12.1 Å². The summed E-state index contributed by atoms with van der Waals surface area (Å²) in [6.45, 7) is 4.05. The summed E-state index contributed by atoms with van der Waals surface area (Å²) in [6, 6.07) is 12.7. The number of nitrogens with zero attached hydrogens (tertiary/aromatic N) is 1. The molecule has 1 saturated heterocycles. The number of fused-ring (bicyclic) bond motifs is 2. The van der Waals surface area contributed by atoms with E-state index in [4.69, 9.17) is 17.0 Å². The molecule has 0 saturated carbocycles. The number of allylic oxidation sites excluding steroid dienone is 1. The van der Waals surface area contributed by atoms with Gasteiger partial charge >= 0.3 is 0 Å². The second-order valence-corrected chi connectivity index (χ2v) is 6.44. The van der Waals surface area contributed by atoms with Gasteiger partial charge in [-0.2, -0.15) is 0 Å². The van der Waals surface area contributed by atoms with Gasteiger partial charge < -0.3 is 4.74 Å². The standard InChI is InChI=1S/C20H17NO2S/c1-2-10-21-19(22)18(23-20(21)24)16-9-5-8-15-11-13-6-3-4-7-14(13)12-17(15)16/h2-4,6-7,11-12H,1,5,8-10H2/b18-16+. The summed E-state index contributed by atoms with van der Waals surface area (Å²) in [7, 11) is 0. The number of rotatable bonds is 2. The van der Waals surface area contributed by atoms with Crippen LogP contribution in [-0.2, 0) is 16.0 Å². The highest BCUT2D eigenvalue weighted by Crippen LogP contribution is 2.38. The van der Waals surface area contributed by atoms with Gasteiger partial charge in [-0.25, -0.2) is 0 Å². The molecular weight excluding hydrogens is 318 g/mol. The van der Waals surface area contributed by atoms with Crippen molar-refractivity contribution in [3.05, 3.63) is 65.9 Å². The highest BCUT2D eigenvalue weighted by Gasteiger charge is 2.36.